The van der Waals surface area contributed by atoms with Crippen molar-refractivity contribution in [3.05, 3.63) is 59.8 Å². The van der Waals surface area contributed by atoms with Crippen LogP contribution in [0.5, 0.6) is 11.5 Å². The Morgan fingerprint density at radius 2 is 1.85 bits per heavy atom. The minimum atomic E-state index is -0.223. The molecule has 0 saturated carbocycles. The molecule has 0 saturated heterocycles. The summed E-state index contributed by atoms with van der Waals surface area (Å²) in [5.41, 5.74) is 1.85. The summed E-state index contributed by atoms with van der Waals surface area (Å²) in [6, 6.07) is 14.6. The van der Waals surface area contributed by atoms with Crippen molar-refractivity contribution in [1.29, 1.82) is 0 Å². The van der Waals surface area contributed by atoms with Gasteiger partial charge in [-0.1, -0.05) is 30.0 Å². The Kier molecular flexibility index (Phi) is 6.16. The van der Waals surface area contributed by atoms with Gasteiger partial charge in [-0.05, 0) is 35.9 Å². The third kappa shape index (κ3) is 4.32. The molecule has 0 bridgehead atoms. The van der Waals surface area contributed by atoms with Crippen LogP contribution < -0.4 is 14.4 Å². The number of amides is 1. The van der Waals surface area contributed by atoms with Crippen molar-refractivity contribution >= 4 is 34.6 Å². The molecule has 140 valence electrons. The zero-order valence-corrected chi connectivity index (χ0v) is 15.9. The zero-order valence-electron chi connectivity index (χ0n) is 15.1. The average molecular weight is 384 g/mol. The standard InChI is InChI=1S/C20H20N2O4S/c1-25-16-8-6-14(7-9-16)12-18-19(24)22(20(21-18)27-11-10-23)15-4-3-5-17(13-15)26-2/h3-9,12-13,23H,10-11H2,1-2H3/b18-12-. The number of ether oxygens (including phenoxy) is 2. The molecule has 2 aromatic carbocycles. The lowest BCUT2D eigenvalue weighted by Crippen LogP contribution is -2.30. The second-order valence-corrected chi connectivity index (χ2v) is 6.67. The van der Waals surface area contributed by atoms with Gasteiger partial charge in [0.2, 0.25) is 0 Å². The van der Waals surface area contributed by atoms with Crippen LogP contribution in [-0.4, -0.2) is 42.8 Å². The van der Waals surface area contributed by atoms with Gasteiger partial charge in [0.25, 0.3) is 5.91 Å². The average Bonchev–Trinajstić information content (AvgIpc) is 3.02. The van der Waals surface area contributed by atoms with Crippen LogP contribution in [0.2, 0.25) is 0 Å². The molecule has 1 aliphatic rings. The van der Waals surface area contributed by atoms with Gasteiger partial charge in [0.05, 0.1) is 26.5 Å². The highest BCUT2D eigenvalue weighted by Crippen LogP contribution is 2.31. The lowest BCUT2D eigenvalue weighted by Gasteiger charge is -2.18. The van der Waals surface area contributed by atoms with Crippen molar-refractivity contribution in [2.45, 2.75) is 0 Å². The number of thioether (sulfide) groups is 1. The number of aliphatic hydroxyl groups excluding tert-OH is 1. The first-order valence-electron chi connectivity index (χ1n) is 8.33. The summed E-state index contributed by atoms with van der Waals surface area (Å²) in [6.45, 7) is 0.00134. The third-order valence-electron chi connectivity index (χ3n) is 3.88. The van der Waals surface area contributed by atoms with Crippen molar-refractivity contribution in [3.8, 4) is 11.5 Å². The van der Waals surface area contributed by atoms with Crippen molar-refractivity contribution in [2.24, 2.45) is 4.99 Å². The molecule has 3 rings (SSSR count). The molecule has 0 unspecified atom stereocenters. The fourth-order valence-electron chi connectivity index (χ4n) is 2.57. The Hall–Kier alpha value is -2.77. The van der Waals surface area contributed by atoms with E-state index in [2.05, 4.69) is 4.99 Å². The molecule has 0 aromatic heterocycles. The normalized spacial score (nSPS) is 15.2. The van der Waals surface area contributed by atoms with Gasteiger partial charge < -0.3 is 14.6 Å². The summed E-state index contributed by atoms with van der Waals surface area (Å²) < 4.78 is 10.4. The fourth-order valence-corrected chi connectivity index (χ4v) is 3.32. The lowest BCUT2D eigenvalue weighted by atomic mass is 10.2. The van der Waals surface area contributed by atoms with Gasteiger partial charge >= 0.3 is 0 Å². The number of benzene rings is 2. The van der Waals surface area contributed by atoms with Gasteiger partial charge in [0, 0.05) is 11.8 Å². The maximum absolute atomic E-state index is 13.0. The second kappa shape index (κ2) is 8.75. The lowest BCUT2D eigenvalue weighted by molar-refractivity contribution is -0.113. The van der Waals surface area contributed by atoms with Crippen LogP contribution >= 0.6 is 11.8 Å². The Bertz CT molecular complexity index is 878. The van der Waals surface area contributed by atoms with Gasteiger partial charge in [-0.2, -0.15) is 0 Å². The van der Waals surface area contributed by atoms with Crippen molar-refractivity contribution in [3.63, 3.8) is 0 Å². The molecule has 0 fully saturated rings. The van der Waals surface area contributed by atoms with Crippen molar-refractivity contribution < 1.29 is 19.4 Å². The summed E-state index contributed by atoms with van der Waals surface area (Å²) in [5.74, 6) is 1.62. The van der Waals surface area contributed by atoms with Gasteiger partial charge in [-0.15, -0.1) is 0 Å². The van der Waals surface area contributed by atoms with E-state index in [1.807, 2.05) is 42.5 Å². The highest BCUT2D eigenvalue weighted by atomic mass is 32.2. The Morgan fingerprint density at radius 3 is 2.52 bits per heavy atom. The van der Waals surface area contributed by atoms with E-state index in [4.69, 9.17) is 14.6 Å². The smallest absolute Gasteiger partial charge is 0.283 e. The Balaban J connectivity index is 1.95. The number of carbonyl (C=O) groups is 1. The van der Waals surface area contributed by atoms with E-state index in [1.165, 1.54) is 16.7 Å². The van der Waals surface area contributed by atoms with Crippen molar-refractivity contribution in [1.82, 2.24) is 0 Å². The summed E-state index contributed by atoms with van der Waals surface area (Å²) in [5, 5.41) is 9.69. The molecule has 1 aliphatic heterocycles. The van der Waals surface area contributed by atoms with E-state index in [0.29, 0.717) is 28.1 Å². The minimum Gasteiger partial charge on any atom is -0.497 e. The van der Waals surface area contributed by atoms with E-state index in [0.717, 1.165) is 11.3 Å². The molecule has 1 amide bonds. The maximum atomic E-state index is 13.0. The number of aliphatic imine (C=N–C) groups is 1. The predicted molar refractivity (Wildman–Crippen MR) is 108 cm³/mol. The fraction of sp³-hybridized carbons (Fsp3) is 0.200. The highest BCUT2D eigenvalue weighted by Gasteiger charge is 2.32. The molecule has 1 heterocycles. The topological polar surface area (TPSA) is 71.4 Å². The first-order chi connectivity index (χ1) is 13.2. The number of rotatable bonds is 6. The summed E-state index contributed by atoms with van der Waals surface area (Å²) >= 11 is 1.33. The van der Waals surface area contributed by atoms with Crippen LogP contribution in [-0.2, 0) is 4.79 Å². The molecule has 27 heavy (non-hydrogen) atoms. The maximum Gasteiger partial charge on any atom is 0.283 e. The van der Waals surface area contributed by atoms with E-state index in [1.54, 1.807) is 26.4 Å². The van der Waals surface area contributed by atoms with Crippen LogP contribution in [0.1, 0.15) is 5.56 Å². The molecule has 0 radical (unpaired) electrons. The monoisotopic (exact) mass is 384 g/mol. The van der Waals surface area contributed by atoms with E-state index < -0.39 is 0 Å². The Morgan fingerprint density at radius 1 is 1.11 bits per heavy atom. The number of hydrogen-bond acceptors (Lipinski definition) is 6. The van der Waals surface area contributed by atoms with Crippen LogP contribution in [0.15, 0.2) is 59.2 Å². The van der Waals surface area contributed by atoms with Crippen molar-refractivity contribution in [2.75, 3.05) is 31.5 Å². The third-order valence-corrected chi connectivity index (χ3v) is 4.80. The van der Waals surface area contributed by atoms with Gasteiger partial charge in [0.1, 0.15) is 17.2 Å². The largest absolute Gasteiger partial charge is 0.497 e. The van der Waals surface area contributed by atoms with E-state index >= 15 is 0 Å². The molecule has 0 aliphatic carbocycles. The zero-order chi connectivity index (χ0) is 19.2. The molecular weight excluding hydrogens is 364 g/mol. The van der Waals surface area contributed by atoms with Gasteiger partial charge in [0.15, 0.2) is 5.17 Å². The number of aliphatic hydroxyl groups is 1. The molecule has 7 heteroatoms. The van der Waals surface area contributed by atoms with Crippen LogP contribution in [0, 0.1) is 0 Å². The molecule has 6 nitrogen and oxygen atoms in total. The van der Waals surface area contributed by atoms with Crippen LogP contribution in [0.4, 0.5) is 5.69 Å². The summed E-state index contributed by atoms with van der Waals surface area (Å²) in [4.78, 5) is 19.0. The predicted octanol–water partition coefficient (Wildman–Crippen LogP) is 3.17. The minimum absolute atomic E-state index is 0.00134. The summed E-state index contributed by atoms with van der Waals surface area (Å²) in [7, 11) is 3.18. The number of hydrogen-bond donors (Lipinski definition) is 1. The van der Waals surface area contributed by atoms with Crippen LogP contribution in [0.3, 0.4) is 0 Å². The highest BCUT2D eigenvalue weighted by molar-refractivity contribution is 8.14. The molecule has 0 spiro atoms. The quantitative estimate of drug-likeness (QED) is 0.775. The number of methoxy groups -OCH3 is 2. The van der Waals surface area contributed by atoms with E-state index in [9.17, 15) is 4.79 Å². The second-order valence-electron chi connectivity index (χ2n) is 5.61. The number of carbonyl (C=O) groups excluding carboxylic acids is 1. The van der Waals surface area contributed by atoms with Gasteiger partial charge in [-0.25, -0.2) is 4.99 Å². The first-order valence-corrected chi connectivity index (χ1v) is 9.31. The number of anilines is 1. The van der Waals surface area contributed by atoms with Crippen LogP contribution in [0.25, 0.3) is 6.08 Å². The number of nitrogens with zero attached hydrogens (tertiary/aromatic N) is 2. The molecule has 2 aromatic rings. The van der Waals surface area contributed by atoms with Gasteiger partial charge in [-0.3, -0.25) is 9.69 Å². The van der Waals surface area contributed by atoms with E-state index in [-0.39, 0.29) is 12.5 Å². The Labute approximate surface area is 162 Å². The molecular formula is C20H20N2O4S. The molecule has 0 atom stereocenters. The first kappa shape index (κ1) is 19.0. The molecule has 1 N–H and O–H groups in total. The number of amidine groups is 1. The summed E-state index contributed by atoms with van der Waals surface area (Å²) in [6.07, 6.45) is 1.74. The SMILES string of the molecule is COc1ccc(/C=C2\N=C(SCCO)N(c3cccc(OC)c3)C2=O)cc1.